The third kappa shape index (κ3) is 1.85. The van der Waals surface area contributed by atoms with Gasteiger partial charge in [-0.05, 0) is 55.8 Å². The standard InChI is InChI=1S/C14H21NO2S/c16-18(17)2-1-13(8-18)15-14-11-4-9-3-10(6-11)7-12(14)5-9/h1-2,9-15H,3-8H2. The Bertz CT molecular complexity index is 454. The summed E-state index contributed by atoms with van der Waals surface area (Å²) < 4.78 is 22.9. The summed E-state index contributed by atoms with van der Waals surface area (Å²) in [6, 6.07) is 0.651. The first-order valence-corrected chi connectivity index (χ1v) is 8.97. The highest BCUT2D eigenvalue weighted by Crippen LogP contribution is 2.53. The van der Waals surface area contributed by atoms with Gasteiger partial charge in [0.15, 0.2) is 9.84 Å². The number of hydrogen-bond donors (Lipinski definition) is 1. The van der Waals surface area contributed by atoms with Crippen LogP contribution in [0, 0.1) is 23.7 Å². The maximum atomic E-state index is 11.5. The summed E-state index contributed by atoms with van der Waals surface area (Å²) in [6.45, 7) is 0. The molecule has 0 spiro atoms. The fraction of sp³-hybridized carbons (Fsp3) is 0.857. The molecule has 18 heavy (non-hydrogen) atoms. The first-order chi connectivity index (χ1) is 8.59. The summed E-state index contributed by atoms with van der Waals surface area (Å²) in [5.74, 6) is 3.87. The minimum Gasteiger partial charge on any atom is -0.306 e. The molecule has 5 rings (SSSR count). The van der Waals surface area contributed by atoms with Crippen molar-refractivity contribution in [1.29, 1.82) is 0 Å². The molecule has 1 aliphatic heterocycles. The Hall–Kier alpha value is -0.350. The van der Waals surface area contributed by atoms with Gasteiger partial charge in [-0.2, -0.15) is 0 Å². The highest BCUT2D eigenvalue weighted by molar-refractivity contribution is 7.94. The van der Waals surface area contributed by atoms with E-state index >= 15 is 0 Å². The fourth-order valence-electron chi connectivity index (χ4n) is 5.12. The summed E-state index contributed by atoms with van der Waals surface area (Å²) in [4.78, 5) is 0. The van der Waals surface area contributed by atoms with Gasteiger partial charge in [-0.3, -0.25) is 0 Å². The molecule has 4 fully saturated rings. The van der Waals surface area contributed by atoms with Crippen LogP contribution in [0.2, 0.25) is 0 Å². The molecule has 1 heterocycles. The van der Waals surface area contributed by atoms with Crippen molar-refractivity contribution in [2.45, 2.75) is 44.2 Å². The maximum Gasteiger partial charge on any atom is 0.173 e. The van der Waals surface area contributed by atoms with Gasteiger partial charge in [-0.15, -0.1) is 0 Å². The summed E-state index contributed by atoms with van der Waals surface area (Å²) in [5.41, 5.74) is 0. The lowest BCUT2D eigenvalue weighted by atomic mass is 9.54. The molecular weight excluding hydrogens is 246 g/mol. The predicted molar refractivity (Wildman–Crippen MR) is 70.7 cm³/mol. The minimum atomic E-state index is -2.91. The molecule has 4 aliphatic carbocycles. The van der Waals surface area contributed by atoms with Crippen molar-refractivity contribution in [2.24, 2.45) is 23.7 Å². The minimum absolute atomic E-state index is 0.0672. The van der Waals surface area contributed by atoms with E-state index in [2.05, 4.69) is 5.32 Å². The average molecular weight is 267 g/mol. The lowest BCUT2D eigenvalue weighted by Gasteiger charge is -2.55. The van der Waals surface area contributed by atoms with Crippen LogP contribution in [0.5, 0.6) is 0 Å². The van der Waals surface area contributed by atoms with Crippen molar-refractivity contribution in [3.63, 3.8) is 0 Å². The van der Waals surface area contributed by atoms with E-state index in [9.17, 15) is 8.42 Å². The highest BCUT2D eigenvalue weighted by atomic mass is 32.2. The summed E-state index contributed by atoms with van der Waals surface area (Å²) in [5, 5.41) is 5.04. The number of nitrogens with one attached hydrogen (secondary N) is 1. The molecule has 4 saturated carbocycles. The molecule has 4 bridgehead atoms. The van der Waals surface area contributed by atoms with Crippen LogP contribution >= 0.6 is 0 Å². The van der Waals surface area contributed by atoms with Crippen LogP contribution in [0.3, 0.4) is 0 Å². The van der Waals surface area contributed by atoms with Crippen LogP contribution < -0.4 is 5.32 Å². The third-order valence-electron chi connectivity index (χ3n) is 5.56. The molecule has 5 aliphatic rings. The molecule has 3 nitrogen and oxygen atoms in total. The van der Waals surface area contributed by atoms with Gasteiger partial charge in [0.25, 0.3) is 0 Å². The third-order valence-corrected chi connectivity index (χ3v) is 6.96. The van der Waals surface area contributed by atoms with E-state index in [4.69, 9.17) is 0 Å². The smallest absolute Gasteiger partial charge is 0.173 e. The molecular formula is C14H21NO2S. The molecule has 0 radical (unpaired) electrons. The van der Waals surface area contributed by atoms with Crippen molar-refractivity contribution in [2.75, 3.05) is 5.75 Å². The second-order valence-electron chi connectivity index (χ2n) is 6.89. The molecule has 0 aromatic rings. The normalized spacial score (nSPS) is 52.0. The predicted octanol–water partition coefficient (Wildman–Crippen LogP) is 1.71. The Kier molecular flexibility index (Phi) is 2.44. The largest absolute Gasteiger partial charge is 0.306 e. The quantitative estimate of drug-likeness (QED) is 0.828. The zero-order chi connectivity index (χ0) is 12.3. The van der Waals surface area contributed by atoms with Crippen molar-refractivity contribution in [3.8, 4) is 0 Å². The molecule has 100 valence electrons. The molecule has 1 unspecified atom stereocenters. The van der Waals surface area contributed by atoms with Crippen molar-refractivity contribution in [3.05, 3.63) is 11.5 Å². The van der Waals surface area contributed by atoms with Gasteiger partial charge < -0.3 is 5.32 Å². The second kappa shape index (κ2) is 3.83. The summed E-state index contributed by atoms with van der Waals surface area (Å²) in [6.07, 6.45) is 8.85. The second-order valence-corrected chi connectivity index (χ2v) is 8.82. The zero-order valence-corrected chi connectivity index (χ0v) is 11.4. The van der Waals surface area contributed by atoms with E-state index in [0.29, 0.717) is 6.04 Å². The van der Waals surface area contributed by atoms with Gasteiger partial charge >= 0.3 is 0 Å². The van der Waals surface area contributed by atoms with Gasteiger partial charge in [0.1, 0.15) is 0 Å². The van der Waals surface area contributed by atoms with Crippen LogP contribution in [0.1, 0.15) is 32.1 Å². The Labute approximate surface area is 109 Å². The number of rotatable bonds is 2. The van der Waals surface area contributed by atoms with E-state index in [1.165, 1.54) is 37.5 Å². The average Bonchev–Trinajstić information content (AvgIpc) is 2.62. The van der Waals surface area contributed by atoms with E-state index in [1.54, 1.807) is 0 Å². The van der Waals surface area contributed by atoms with Crippen LogP contribution in [-0.2, 0) is 9.84 Å². The molecule has 1 N–H and O–H groups in total. The Morgan fingerprint density at radius 2 is 1.56 bits per heavy atom. The summed E-state index contributed by atoms with van der Waals surface area (Å²) >= 11 is 0. The van der Waals surface area contributed by atoms with Crippen LogP contribution in [0.15, 0.2) is 11.5 Å². The number of hydrogen-bond acceptors (Lipinski definition) is 3. The SMILES string of the molecule is O=S1(=O)C=CC(NC2C3CC4CC(C3)CC2C4)C1. The zero-order valence-electron chi connectivity index (χ0n) is 10.6. The lowest BCUT2D eigenvalue weighted by Crippen LogP contribution is -2.56. The molecule has 0 aromatic heterocycles. The Balaban J connectivity index is 1.48. The lowest BCUT2D eigenvalue weighted by molar-refractivity contribution is -0.0151. The molecule has 1 atom stereocenters. The first kappa shape index (κ1) is 11.5. The topological polar surface area (TPSA) is 46.2 Å². The van der Waals surface area contributed by atoms with E-state index in [0.717, 1.165) is 23.7 Å². The van der Waals surface area contributed by atoms with E-state index < -0.39 is 9.84 Å². The van der Waals surface area contributed by atoms with Crippen LogP contribution in [0.25, 0.3) is 0 Å². The molecule has 0 saturated heterocycles. The highest BCUT2D eigenvalue weighted by Gasteiger charge is 2.48. The van der Waals surface area contributed by atoms with Gasteiger partial charge in [0.05, 0.1) is 5.75 Å². The van der Waals surface area contributed by atoms with Crippen LogP contribution in [-0.4, -0.2) is 26.3 Å². The fourth-order valence-corrected chi connectivity index (χ4v) is 6.37. The summed E-state index contributed by atoms with van der Waals surface area (Å²) in [7, 11) is -2.91. The van der Waals surface area contributed by atoms with Crippen LogP contribution in [0.4, 0.5) is 0 Å². The monoisotopic (exact) mass is 267 g/mol. The Morgan fingerprint density at radius 3 is 2.06 bits per heavy atom. The van der Waals surface area contributed by atoms with Crippen molar-refractivity contribution in [1.82, 2.24) is 5.32 Å². The van der Waals surface area contributed by atoms with E-state index in [-0.39, 0.29) is 11.8 Å². The van der Waals surface area contributed by atoms with Gasteiger partial charge in [-0.1, -0.05) is 6.08 Å². The molecule has 0 aromatic carbocycles. The van der Waals surface area contributed by atoms with Gasteiger partial charge in [0, 0.05) is 17.5 Å². The van der Waals surface area contributed by atoms with Crippen molar-refractivity contribution < 1.29 is 8.42 Å². The van der Waals surface area contributed by atoms with Gasteiger partial charge in [-0.25, -0.2) is 8.42 Å². The van der Waals surface area contributed by atoms with E-state index in [1.807, 2.05) is 6.08 Å². The van der Waals surface area contributed by atoms with Crippen molar-refractivity contribution >= 4 is 9.84 Å². The Morgan fingerprint density at radius 1 is 0.944 bits per heavy atom. The maximum absolute atomic E-state index is 11.5. The van der Waals surface area contributed by atoms with Gasteiger partial charge in [0.2, 0.25) is 0 Å². The molecule has 4 heteroatoms. The first-order valence-electron chi connectivity index (χ1n) is 7.26. The number of sulfone groups is 1. The molecule has 0 amide bonds.